The highest BCUT2D eigenvalue weighted by Crippen LogP contribution is 2.20. The summed E-state index contributed by atoms with van der Waals surface area (Å²) in [5, 5.41) is 13.6. The quantitative estimate of drug-likeness (QED) is 0.844. The van der Waals surface area contributed by atoms with Gasteiger partial charge in [0, 0.05) is 11.3 Å². The number of hydrogen-bond donors (Lipinski definition) is 2. The van der Waals surface area contributed by atoms with Crippen LogP contribution in [0.15, 0.2) is 59.7 Å². The topological polar surface area (TPSA) is 47.9 Å². The van der Waals surface area contributed by atoms with Gasteiger partial charge in [-0.1, -0.05) is 18.2 Å². The minimum absolute atomic E-state index is 0.261. The van der Waals surface area contributed by atoms with Crippen LogP contribution in [0.1, 0.15) is 5.56 Å². The summed E-state index contributed by atoms with van der Waals surface area (Å²) >= 11 is 0. The van der Waals surface area contributed by atoms with E-state index in [1.165, 1.54) is 0 Å². The van der Waals surface area contributed by atoms with Crippen LogP contribution in [0.3, 0.4) is 0 Å². The van der Waals surface area contributed by atoms with Gasteiger partial charge in [0.2, 0.25) is 0 Å². The normalized spacial score (nSPS) is 14.2. The first-order chi connectivity index (χ1) is 8.84. The molecule has 90 valence electrons. The van der Waals surface area contributed by atoms with E-state index in [0.29, 0.717) is 6.67 Å². The molecular formula is C14H13N3O. The van der Waals surface area contributed by atoms with Crippen LogP contribution in [0.2, 0.25) is 0 Å². The lowest BCUT2D eigenvalue weighted by Crippen LogP contribution is -2.29. The Labute approximate surface area is 105 Å². The average molecular weight is 239 g/mol. The molecule has 0 radical (unpaired) electrons. The fourth-order valence-electron chi connectivity index (χ4n) is 1.97. The Hall–Kier alpha value is -2.49. The van der Waals surface area contributed by atoms with Crippen LogP contribution in [-0.4, -0.2) is 17.6 Å². The largest absolute Gasteiger partial charge is 0.508 e. The summed E-state index contributed by atoms with van der Waals surface area (Å²) < 4.78 is 0. The van der Waals surface area contributed by atoms with E-state index >= 15 is 0 Å². The third-order valence-corrected chi connectivity index (χ3v) is 2.86. The molecule has 0 unspecified atom stereocenters. The van der Waals surface area contributed by atoms with Crippen molar-refractivity contribution in [2.24, 2.45) is 5.10 Å². The Balaban J connectivity index is 1.94. The van der Waals surface area contributed by atoms with Crippen LogP contribution in [0.25, 0.3) is 0 Å². The molecule has 3 rings (SSSR count). The first-order valence-corrected chi connectivity index (χ1v) is 5.77. The average Bonchev–Trinajstić information content (AvgIpc) is 2.90. The Morgan fingerprint density at radius 3 is 2.44 bits per heavy atom. The van der Waals surface area contributed by atoms with E-state index in [9.17, 15) is 5.11 Å². The summed E-state index contributed by atoms with van der Waals surface area (Å²) in [4.78, 5) is 2.09. The van der Waals surface area contributed by atoms with Gasteiger partial charge in [-0.05, 0) is 36.4 Å². The zero-order valence-corrected chi connectivity index (χ0v) is 9.74. The van der Waals surface area contributed by atoms with E-state index in [-0.39, 0.29) is 5.75 Å². The molecular weight excluding hydrogens is 226 g/mol. The van der Waals surface area contributed by atoms with Crippen molar-refractivity contribution in [2.75, 3.05) is 11.6 Å². The van der Waals surface area contributed by atoms with Gasteiger partial charge in [0.25, 0.3) is 0 Å². The molecule has 0 amide bonds. The highest BCUT2D eigenvalue weighted by molar-refractivity contribution is 6.10. The van der Waals surface area contributed by atoms with Gasteiger partial charge < -0.3 is 10.0 Å². The monoisotopic (exact) mass is 239 g/mol. The number of phenolic OH excluding ortho intramolecular Hbond substituents is 1. The molecule has 0 spiro atoms. The van der Waals surface area contributed by atoms with Gasteiger partial charge in [-0.3, -0.25) is 5.43 Å². The predicted octanol–water partition coefficient (Wildman–Crippen LogP) is 2.12. The van der Waals surface area contributed by atoms with Gasteiger partial charge in [0.05, 0.1) is 0 Å². The van der Waals surface area contributed by atoms with Crippen molar-refractivity contribution in [3.05, 3.63) is 60.2 Å². The lowest BCUT2D eigenvalue weighted by Gasteiger charge is -2.19. The molecule has 4 nitrogen and oxygen atoms in total. The molecule has 1 aliphatic heterocycles. The minimum Gasteiger partial charge on any atom is -0.508 e. The van der Waals surface area contributed by atoms with E-state index in [4.69, 9.17) is 0 Å². The van der Waals surface area contributed by atoms with Gasteiger partial charge in [0.1, 0.15) is 12.4 Å². The third kappa shape index (κ3) is 1.88. The summed E-state index contributed by atoms with van der Waals surface area (Å²) in [6.45, 7) is 0.653. The molecule has 18 heavy (non-hydrogen) atoms. The number of nitrogens with one attached hydrogen (secondary N) is 1. The molecule has 4 heteroatoms. The van der Waals surface area contributed by atoms with Crippen LogP contribution in [0, 0.1) is 0 Å². The molecule has 2 aromatic carbocycles. The molecule has 0 saturated heterocycles. The smallest absolute Gasteiger partial charge is 0.161 e. The standard InChI is InChI=1S/C14H13N3O/c18-13-8-6-11(7-9-13)14-16-15-10-17(14)12-4-2-1-3-5-12/h1-9,15,18H,10H2. The SMILES string of the molecule is Oc1ccc(C2=NNCN2c2ccccc2)cc1. The molecule has 0 aliphatic carbocycles. The Morgan fingerprint density at radius 1 is 1.00 bits per heavy atom. The summed E-state index contributed by atoms with van der Waals surface area (Å²) in [7, 11) is 0. The summed E-state index contributed by atoms with van der Waals surface area (Å²) in [6.07, 6.45) is 0. The number of amidine groups is 1. The molecule has 0 saturated carbocycles. The van der Waals surface area contributed by atoms with Gasteiger partial charge in [-0.15, -0.1) is 0 Å². The van der Waals surface area contributed by atoms with Crippen molar-refractivity contribution in [1.29, 1.82) is 0 Å². The molecule has 0 bridgehead atoms. The van der Waals surface area contributed by atoms with E-state index in [1.54, 1.807) is 12.1 Å². The van der Waals surface area contributed by atoms with Crippen molar-refractivity contribution < 1.29 is 5.11 Å². The predicted molar refractivity (Wildman–Crippen MR) is 71.6 cm³/mol. The van der Waals surface area contributed by atoms with Crippen molar-refractivity contribution in [3.63, 3.8) is 0 Å². The minimum atomic E-state index is 0.261. The lowest BCUT2D eigenvalue weighted by molar-refractivity contribution is 0.475. The highest BCUT2D eigenvalue weighted by Gasteiger charge is 2.19. The summed E-state index contributed by atoms with van der Waals surface area (Å²) in [5.74, 6) is 1.12. The number of hydrogen-bond acceptors (Lipinski definition) is 4. The van der Waals surface area contributed by atoms with E-state index in [2.05, 4.69) is 15.4 Å². The molecule has 1 heterocycles. The number of phenols is 1. The second-order valence-corrected chi connectivity index (χ2v) is 4.06. The number of benzene rings is 2. The van der Waals surface area contributed by atoms with Crippen molar-refractivity contribution in [1.82, 2.24) is 5.43 Å². The summed E-state index contributed by atoms with van der Waals surface area (Å²) in [6, 6.07) is 17.1. The maximum absolute atomic E-state index is 9.31. The van der Waals surface area contributed by atoms with Gasteiger partial charge in [-0.25, -0.2) is 0 Å². The number of rotatable bonds is 2. The third-order valence-electron chi connectivity index (χ3n) is 2.86. The number of anilines is 1. The molecule has 0 fully saturated rings. The van der Waals surface area contributed by atoms with E-state index in [0.717, 1.165) is 17.1 Å². The fraction of sp³-hybridized carbons (Fsp3) is 0.0714. The highest BCUT2D eigenvalue weighted by atomic mass is 16.3. The second-order valence-electron chi connectivity index (χ2n) is 4.06. The van der Waals surface area contributed by atoms with Gasteiger partial charge >= 0.3 is 0 Å². The summed E-state index contributed by atoms with van der Waals surface area (Å²) in [5.41, 5.74) is 5.05. The maximum atomic E-state index is 9.31. The first-order valence-electron chi connectivity index (χ1n) is 5.77. The fourth-order valence-corrected chi connectivity index (χ4v) is 1.97. The van der Waals surface area contributed by atoms with Crippen molar-refractivity contribution >= 4 is 11.5 Å². The Bertz CT molecular complexity index is 563. The zero-order chi connectivity index (χ0) is 12.4. The van der Waals surface area contributed by atoms with Gasteiger partial charge in [-0.2, -0.15) is 5.10 Å². The van der Waals surface area contributed by atoms with Crippen molar-refractivity contribution in [2.45, 2.75) is 0 Å². The molecule has 2 N–H and O–H groups in total. The molecule has 0 atom stereocenters. The van der Waals surface area contributed by atoms with E-state index in [1.807, 2.05) is 42.5 Å². The van der Waals surface area contributed by atoms with Crippen LogP contribution in [0.4, 0.5) is 5.69 Å². The molecule has 0 aromatic heterocycles. The molecule has 2 aromatic rings. The van der Waals surface area contributed by atoms with Crippen LogP contribution >= 0.6 is 0 Å². The second kappa shape index (κ2) is 4.41. The van der Waals surface area contributed by atoms with E-state index < -0.39 is 0 Å². The first kappa shape index (κ1) is 10.7. The Morgan fingerprint density at radius 2 is 1.72 bits per heavy atom. The zero-order valence-electron chi connectivity index (χ0n) is 9.74. The number of nitrogens with zero attached hydrogens (tertiary/aromatic N) is 2. The molecule has 1 aliphatic rings. The number of para-hydroxylation sites is 1. The van der Waals surface area contributed by atoms with Crippen LogP contribution in [0.5, 0.6) is 5.75 Å². The Kier molecular flexibility index (Phi) is 2.61. The van der Waals surface area contributed by atoms with Crippen molar-refractivity contribution in [3.8, 4) is 5.75 Å². The number of hydrazone groups is 1. The number of aromatic hydroxyl groups is 1. The maximum Gasteiger partial charge on any atom is 0.161 e. The lowest BCUT2D eigenvalue weighted by atomic mass is 10.1. The van der Waals surface area contributed by atoms with Crippen LogP contribution < -0.4 is 10.3 Å². The van der Waals surface area contributed by atoms with Crippen LogP contribution in [-0.2, 0) is 0 Å². The van der Waals surface area contributed by atoms with Gasteiger partial charge in [0.15, 0.2) is 5.84 Å².